The molecule has 8 heteroatoms. The number of rotatable bonds is 3. The standard InChI is InChI=1S/C18H18F2N4O2/c1-9-15(23-24-18(21-9)22-10-6-7-26-8-10)14-5-2-11-12(16(14)25)3-4-13(11)17(19)20/h2,5,10,25H,3-4,6-8H2,1H3,(H,21,22,24)/t10-/m0/s1. The van der Waals surface area contributed by atoms with Gasteiger partial charge in [0, 0.05) is 23.3 Å². The minimum absolute atomic E-state index is 0.00103. The van der Waals surface area contributed by atoms with E-state index in [9.17, 15) is 13.9 Å². The third kappa shape index (κ3) is 2.90. The van der Waals surface area contributed by atoms with Gasteiger partial charge in [-0.25, -0.2) is 4.98 Å². The predicted octanol–water partition coefficient (Wildman–Crippen LogP) is 3.31. The number of phenolic OH excluding ortho intramolecular Hbond substituents is 1. The molecule has 0 saturated carbocycles. The Bertz CT molecular complexity index is 891. The number of anilines is 1. The number of hydrogen-bond donors (Lipinski definition) is 2. The van der Waals surface area contributed by atoms with E-state index in [1.807, 2.05) is 0 Å². The molecule has 0 spiro atoms. The number of benzene rings is 1. The minimum atomic E-state index is -1.69. The second-order valence-electron chi connectivity index (χ2n) is 6.50. The second-order valence-corrected chi connectivity index (χ2v) is 6.50. The first-order valence-electron chi connectivity index (χ1n) is 8.50. The average molecular weight is 360 g/mol. The quantitative estimate of drug-likeness (QED) is 0.874. The number of hydrogen-bond acceptors (Lipinski definition) is 6. The molecule has 136 valence electrons. The number of phenols is 1. The van der Waals surface area contributed by atoms with Gasteiger partial charge in [0.05, 0.1) is 18.3 Å². The smallest absolute Gasteiger partial charge is 0.274 e. The number of allylic oxidation sites excluding steroid dienone is 1. The summed E-state index contributed by atoms with van der Waals surface area (Å²) in [6.45, 7) is 3.09. The van der Waals surface area contributed by atoms with Gasteiger partial charge in [0.15, 0.2) is 0 Å². The first-order chi connectivity index (χ1) is 12.5. The van der Waals surface area contributed by atoms with Crippen molar-refractivity contribution >= 4 is 11.5 Å². The van der Waals surface area contributed by atoms with Gasteiger partial charge in [0.2, 0.25) is 5.95 Å². The van der Waals surface area contributed by atoms with Crippen molar-refractivity contribution in [3.8, 4) is 17.0 Å². The van der Waals surface area contributed by atoms with Crippen LogP contribution in [0.1, 0.15) is 29.7 Å². The molecule has 0 unspecified atom stereocenters. The van der Waals surface area contributed by atoms with Crippen LogP contribution in [0, 0.1) is 6.92 Å². The number of aromatic hydroxyl groups is 1. The van der Waals surface area contributed by atoms with Crippen LogP contribution in [0.25, 0.3) is 16.8 Å². The Balaban J connectivity index is 1.67. The molecule has 4 rings (SSSR count). The number of halogens is 2. The maximum absolute atomic E-state index is 13.0. The molecule has 0 radical (unpaired) electrons. The monoisotopic (exact) mass is 360 g/mol. The van der Waals surface area contributed by atoms with Gasteiger partial charge in [0.25, 0.3) is 6.08 Å². The third-order valence-electron chi connectivity index (χ3n) is 4.84. The van der Waals surface area contributed by atoms with Gasteiger partial charge in [0.1, 0.15) is 11.4 Å². The van der Waals surface area contributed by atoms with Crippen LogP contribution in [0.3, 0.4) is 0 Å². The lowest BCUT2D eigenvalue weighted by atomic mass is 10.0. The Morgan fingerprint density at radius 3 is 2.73 bits per heavy atom. The van der Waals surface area contributed by atoms with Crippen molar-refractivity contribution < 1.29 is 18.6 Å². The first kappa shape index (κ1) is 16.8. The number of aryl methyl sites for hydroxylation is 1. The molecule has 1 aliphatic carbocycles. The number of nitrogens with zero attached hydrogens (tertiary/aromatic N) is 3. The van der Waals surface area contributed by atoms with Gasteiger partial charge < -0.3 is 15.2 Å². The van der Waals surface area contributed by atoms with E-state index in [0.717, 1.165) is 6.42 Å². The lowest BCUT2D eigenvalue weighted by Crippen LogP contribution is -2.21. The first-order valence-corrected chi connectivity index (χ1v) is 8.50. The summed E-state index contributed by atoms with van der Waals surface area (Å²) in [5.41, 5.74) is 2.43. The van der Waals surface area contributed by atoms with Crippen LogP contribution in [-0.2, 0) is 11.2 Å². The fourth-order valence-corrected chi connectivity index (χ4v) is 3.49. The number of ether oxygens (including phenoxy) is 1. The molecule has 1 aliphatic heterocycles. The fourth-order valence-electron chi connectivity index (χ4n) is 3.49. The largest absolute Gasteiger partial charge is 0.507 e. The summed E-state index contributed by atoms with van der Waals surface area (Å²) in [6, 6.07) is 3.37. The summed E-state index contributed by atoms with van der Waals surface area (Å²) in [5.74, 6) is 0.384. The van der Waals surface area contributed by atoms with Crippen LogP contribution < -0.4 is 5.32 Å². The van der Waals surface area contributed by atoms with Crippen LogP contribution in [-0.4, -0.2) is 39.5 Å². The molecule has 2 aliphatic rings. The molecule has 2 aromatic rings. The van der Waals surface area contributed by atoms with Gasteiger partial charge in [-0.05, 0) is 37.8 Å². The minimum Gasteiger partial charge on any atom is -0.507 e. The van der Waals surface area contributed by atoms with Gasteiger partial charge in [-0.2, -0.15) is 8.78 Å². The van der Waals surface area contributed by atoms with Crippen molar-refractivity contribution in [2.75, 3.05) is 18.5 Å². The van der Waals surface area contributed by atoms with Gasteiger partial charge in [-0.3, -0.25) is 0 Å². The summed E-state index contributed by atoms with van der Waals surface area (Å²) in [5, 5.41) is 22.0. The Morgan fingerprint density at radius 1 is 1.23 bits per heavy atom. The highest BCUT2D eigenvalue weighted by atomic mass is 19.3. The van der Waals surface area contributed by atoms with Crippen LogP contribution in [0.2, 0.25) is 0 Å². The summed E-state index contributed by atoms with van der Waals surface area (Å²) < 4.78 is 31.3. The fraction of sp³-hybridized carbons (Fsp3) is 0.389. The Labute approximate surface area is 148 Å². The zero-order valence-electron chi connectivity index (χ0n) is 14.2. The van der Waals surface area contributed by atoms with E-state index in [1.165, 1.54) is 0 Å². The molecule has 1 fully saturated rings. The van der Waals surface area contributed by atoms with E-state index in [2.05, 4.69) is 20.5 Å². The SMILES string of the molecule is Cc1nc(N[C@H]2CCOC2)nnc1-c1ccc2c(c1O)CCC2=C(F)F. The normalized spacial score (nSPS) is 18.9. The van der Waals surface area contributed by atoms with E-state index in [-0.39, 0.29) is 23.8 Å². The van der Waals surface area contributed by atoms with E-state index in [4.69, 9.17) is 4.74 Å². The maximum Gasteiger partial charge on any atom is 0.274 e. The molecule has 1 atom stereocenters. The molecule has 0 amide bonds. The lowest BCUT2D eigenvalue weighted by Gasteiger charge is -2.13. The van der Waals surface area contributed by atoms with Gasteiger partial charge in [-0.15, -0.1) is 10.2 Å². The topological polar surface area (TPSA) is 80.2 Å². The number of aromatic nitrogens is 3. The second kappa shape index (κ2) is 6.60. The molecule has 1 aromatic heterocycles. The highest BCUT2D eigenvalue weighted by Crippen LogP contribution is 2.44. The number of nitrogens with one attached hydrogen (secondary N) is 1. The van der Waals surface area contributed by atoms with Crippen molar-refractivity contribution in [2.45, 2.75) is 32.2 Å². The molecule has 1 aromatic carbocycles. The van der Waals surface area contributed by atoms with Gasteiger partial charge >= 0.3 is 0 Å². The number of fused-ring (bicyclic) bond motifs is 1. The van der Waals surface area contributed by atoms with E-state index in [1.54, 1.807) is 19.1 Å². The van der Waals surface area contributed by atoms with Crippen LogP contribution in [0.4, 0.5) is 14.7 Å². The van der Waals surface area contributed by atoms with Crippen molar-refractivity contribution in [3.63, 3.8) is 0 Å². The zero-order valence-corrected chi connectivity index (χ0v) is 14.2. The van der Waals surface area contributed by atoms with Crippen molar-refractivity contribution in [1.82, 2.24) is 15.2 Å². The zero-order chi connectivity index (χ0) is 18.3. The summed E-state index contributed by atoms with van der Waals surface area (Å²) in [6.07, 6.45) is -0.205. The Kier molecular flexibility index (Phi) is 4.28. The molecular formula is C18H18F2N4O2. The van der Waals surface area contributed by atoms with Crippen LogP contribution in [0.15, 0.2) is 18.2 Å². The highest BCUT2D eigenvalue weighted by molar-refractivity contribution is 5.81. The van der Waals surface area contributed by atoms with Gasteiger partial charge in [-0.1, -0.05) is 6.07 Å². The summed E-state index contributed by atoms with van der Waals surface area (Å²) in [7, 11) is 0. The van der Waals surface area contributed by atoms with E-state index >= 15 is 0 Å². The molecule has 6 nitrogen and oxygen atoms in total. The third-order valence-corrected chi connectivity index (χ3v) is 4.84. The molecule has 26 heavy (non-hydrogen) atoms. The van der Waals surface area contributed by atoms with Crippen LogP contribution >= 0.6 is 0 Å². The van der Waals surface area contributed by atoms with Crippen molar-refractivity contribution in [2.24, 2.45) is 0 Å². The summed E-state index contributed by atoms with van der Waals surface area (Å²) >= 11 is 0. The average Bonchev–Trinajstić information content (AvgIpc) is 3.26. The maximum atomic E-state index is 13.0. The van der Waals surface area contributed by atoms with Crippen LogP contribution in [0.5, 0.6) is 5.75 Å². The molecule has 0 bridgehead atoms. The lowest BCUT2D eigenvalue weighted by molar-refractivity contribution is 0.195. The Hall–Kier alpha value is -2.61. The van der Waals surface area contributed by atoms with Crippen molar-refractivity contribution in [3.05, 3.63) is 35.0 Å². The van der Waals surface area contributed by atoms with Crippen molar-refractivity contribution in [1.29, 1.82) is 0 Å². The molecule has 2 heterocycles. The highest BCUT2D eigenvalue weighted by Gasteiger charge is 2.26. The molecule has 2 N–H and O–H groups in total. The van der Waals surface area contributed by atoms with E-state index in [0.29, 0.717) is 53.7 Å². The predicted molar refractivity (Wildman–Crippen MR) is 92.0 cm³/mol. The molecule has 1 saturated heterocycles. The molecular weight excluding hydrogens is 342 g/mol. The Morgan fingerprint density at radius 2 is 2.04 bits per heavy atom. The summed E-state index contributed by atoms with van der Waals surface area (Å²) in [4.78, 5) is 4.41. The van der Waals surface area contributed by atoms with E-state index < -0.39 is 6.08 Å².